The highest BCUT2D eigenvalue weighted by atomic mass is 16.3. The number of nitrogens with two attached hydrogens (primary N) is 1. The molecule has 1 rings (SSSR count). The van der Waals surface area contributed by atoms with Crippen LogP contribution in [0, 0.1) is 0 Å². The highest BCUT2D eigenvalue weighted by molar-refractivity contribution is 4.75. The molecule has 0 bridgehead atoms. The van der Waals surface area contributed by atoms with Gasteiger partial charge in [-0.05, 0) is 26.3 Å². The lowest BCUT2D eigenvalue weighted by molar-refractivity contribution is 0.108. The van der Waals surface area contributed by atoms with Crippen LogP contribution in [0.25, 0.3) is 0 Å². The third-order valence-corrected chi connectivity index (χ3v) is 2.06. The van der Waals surface area contributed by atoms with Crippen LogP contribution in [0.2, 0.25) is 0 Å². The Morgan fingerprint density at radius 3 is 3.00 bits per heavy atom. The molecule has 0 spiro atoms. The van der Waals surface area contributed by atoms with Gasteiger partial charge in [-0.2, -0.15) is 0 Å². The van der Waals surface area contributed by atoms with Gasteiger partial charge in [0.05, 0.1) is 6.10 Å². The van der Waals surface area contributed by atoms with Gasteiger partial charge in [0.2, 0.25) is 0 Å². The topological polar surface area (TPSA) is 49.5 Å². The Kier molecular flexibility index (Phi) is 3.30. The first kappa shape index (κ1) is 8.97. The van der Waals surface area contributed by atoms with Crippen molar-refractivity contribution in [3.05, 3.63) is 0 Å². The summed E-state index contributed by atoms with van der Waals surface area (Å²) in [5.74, 6) is 0. The first-order valence-corrected chi connectivity index (χ1v) is 4.34. The molecule has 3 N–H and O–H groups in total. The molecule has 0 aliphatic carbocycles. The third-order valence-electron chi connectivity index (χ3n) is 2.06. The number of piperidine rings is 1. The second kappa shape index (κ2) is 4.04. The van der Waals surface area contributed by atoms with E-state index < -0.39 is 0 Å². The van der Waals surface area contributed by atoms with Crippen LogP contribution >= 0.6 is 0 Å². The zero-order valence-corrected chi connectivity index (χ0v) is 7.16. The van der Waals surface area contributed by atoms with Crippen LogP contribution in [-0.2, 0) is 0 Å². The highest BCUT2D eigenvalue weighted by Gasteiger charge is 2.16. The van der Waals surface area contributed by atoms with Gasteiger partial charge in [-0.25, -0.2) is 0 Å². The minimum absolute atomic E-state index is 0.222. The van der Waals surface area contributed by atoms with Crippen LogP contribution < -0.4 is 5.73 Å². The summed E-state index contributed by atoms with van der Waals surface area (Å²) >= 11 is 0. The molecule has 1 fully saturated rings. The Hall–Kier alpha value is -0.120. The van der Waals surface area contributed by atoms with Crippen LogP contribution in [0.1, 0.15) is 19.8 Å². The molecule has 3 heteroatoms. The van der Waals surface area contributed by atoms with Crippen molar-refractivity contribution in [2.45, 2.75) is 31.9 Å². The molecule has 0 aromatic heterocycles. The van der Waals surface area contributed by atoms with E-state index in [2.05, 4.69) is 4.90 Å². The van der Waals surface area contributed by atoms with Crippen molar-refractivity contribution in [1.82, 2.24) is 4.90 Å². The van der Waals surface area contributed by atoms with Crippen LogP contribution in [0.4, 0.5) is 0 Å². The predicted molar refractivity (Wildman–Crippen MR) is 45.3 cm³/mol. The van der Waals surface area contributed by atoms with Gasteiger partial charge in [0, 0.05) is 19.1 Å². The van der Waals surface area contributed by atoms with Gasteiger partial charge in [0.25, 0.3) is 0 Å². The van der Waals surface area contributed by atoms with Gasteiger partial charge >= 0.3 is 0 Å². The third kappa shape index (κ3) is 3.18. The van der Waals surface area contributed by atoms with Crippen molar-refractivity contribution in [3.63, 3.8) is 0 Å². The summed E-state index contributed by atoms with van der Waals surface area (Å²) in [6.07, 6.45) is 2.09. The summed E-state index contributed by atoms with van der Waals surface area (Å²) in [7, 11) is 0. The number of aliphatic hydroxyl groups excluding tert-OH is 1. The van der Waals surface area contributed by atoms with Crippen molar-refractivity contribution < 1.29 is 5.11 Å². The summed E-state index contributed by atoms with van der Waals surface area (Å²) in [6.45, 7) is 4.64. The molecular weight excluding hydrogens is 140 g/mol. The standard InChI is InChI=1S/C8H18N2O/c1-7(11)5-10-4-2-3-8(9)6-10/h7-8,11H,2-6,9H2,1H3/t7-,8+/m0/s1. The number of β-amino-alcohol motifs (C(OH)–C–C–N with tert-alkyl or cyclic N) is 1. The number of nitrogens with zero attached hydrogens (tertiary/aromatic N) is 1. The molecule has 0 aromatic rings. The lowest BCUT2D eigenvalue weighted by atomic mass is 10.1. The largest absolute Gasteiger partial charge is 0.392 e. The van der Waals surface area contributed by atoms with Gasteiger partial charge in [-0.1, -0.05) is 0 Å². The molecule has 0 amide bonds. The van der Waals surface area contributed by atoms with E-state index in [9.17, 15) is 0 Å². The Morgan fingerprint density at radius 2 is 2.45 bits per heavy atom. The molecule has 0 aromatic carbocycles. The molecule has 1 saturated heterocycles. The molecule has 1 heterocycles. The van der Waals surface area contributed by atoms with Crippen LogP contribution in [0.5, 0.6) is 0 Å². The van der Waals surface area contributed by atoms with E-state index in [4.69, 9.17) is 10.8 Å². The normalized spacial score (nSPS) is 30.3. The van der Waals surface area contributed by atoms with Crippen molar-refractivity contribution >= 4 is 0 Å². The first-order chi connectivity index (χ1) is 5.18. The van der Waals surface area contributed by atoms with Crippen molar-refractivity contribution in [1.29, 1.82) is 0 Å². The monoisotopic (exact) mass is 158 g/mol. The van der Waals surface area contributed by atoms with Crippen LogP contribution in [-0.4, -0.2) is 41.8 Å². The van der Waals surface area contributed by atoms with Gasteiger partial charge in [0.15, 0.2) is 0 Å². The Morgan fingerprint density at radius 1 is 1.73 bits per heavy atom. The maximum atomic E-state index is 9.11. The Bertz CT molecular complexity index is 115. The quantitative estimate of drug-likeness (QED) is 0.584. The first-order valence-electron chi connectivity index (χ1n) is 4.34. The van der Waals surface area contributed by atoms with Gasteiger partial charge in [0.1, 0.15) is 0 Å². The van der Waals surface area contributed by atoms with E-state index in [1.807, 2.05) is 6.92 Å². The fourth-order valence-electron chi connectivity index (χ4n) is 1.63. The maximum absolute atomic E-state index is 9.11. The van der Waals surface area contributed by atoms with Crippen molar-refractivity contribution in [3.8, 4) is 0 Å². The minimum atomic E-state index is -0.222. The molecule has 0 unspecified atom stereocenters. The molecule has 1 aliphatic rings. The molecule has 11 heavy (non-hydrogen) atoms. The zero-order chi connectivity index (χ0) is 8.27. The summed E-state index contributed by atoms with van der Waals surface area (Å²) in [5.41, 5.74) is 5.78. The van der Waals surface area contributed by atoms with E-state index in [0.29, 0.717) is 6.04 Å². The zero-order valence-electron chi connectivity index (χ0n) is 7.16. The van der Waals surface area contributed by atoms with Gasteiger partial charge < -0.3 is 10.8 Å². The summed E-state index contributed by atoms with van der Waals surface area (Å²) in [6, 6.07) is 0.322. The lowest BCUT2D eigenvalue weighted by Crippen LogP contribution is -2.45. The van der Waals surface area contributed by atoms with Gasteiger partial charge in [-0.3, -0.25) is 4.90 Å². The fourth-order valence-corrected chi connectivity index (χ4v) is 1.63. The highest BCUT2D eigenvalue weighted by Crippen LogP contribution is 2.07. The molecular formula is C8H18N2O. The van der Waals surface area contributed by atoms with Crippen LogP contribution in [0.3, 0.4) is 0 Å². The summed E-state index contributed by atoms with van der Waals surface area (Å²) in [5, 5.41) is 9.11. The Balaban J connectivity index is 2.23. The second-order valence-electron chi connectivity index (χ2n) is 3.51. The molecule has 2 atom stereocenters. The molecule has 3 nitrogen and oxygen atoms in total. The molecule has 0 radical (unpaired) electrons. The van der Waals surface area contributed by atoms with E-state index in [1.165, 1.54) is 6.42 Å². The van der Waals surface area contributed by atoms with Crippen molar-refractivity contribution in [2.75, 3.05) is 19.6 Å². The SMILES string of the molecule is C[C@H](O)CN1CCC[C@@H](N)C1. The van der Waals surface area contributed by atoms with Crippen LogP contribution in [0.15, 0.2) is 0 Å². The van der Waals surface area contributed by atoms with E-state index in [1.54, 1.807) is 0 Å². The second-order valence-corrected chi connectivity index (χ2v) is 3.51. The average Bonchev–Trinajstić information content (AvgIpc) is 1.85. The fraction of sp³-hybridized carbons (Fsp3) is 1.00. The Labute approximate surface area is 68.2 Å². The van der Waals surface area contributed by atoms with Gasteiger partial charge in [-0.15, -0.1) is 0 Å². The number of hydrogen-bond donors (Lipinski definition) is 2. The molecule has 1 aliphatic heterocycles. The average molecular weight is 158 g/mol. The summed E-state index contributed by atoms with van der Waals surface area (Å²) in [4.78, 5) is 2.23. The lowest BCUT2D eigenvalue weighted by Gasteiger charge is -2.31. The van der Waals surface area contributed by atoms with E-state index in [-0.39, 0.29) is 6.10 Å². The van der Waals surface area contributed by atoms with E-state index >= 15 is 0 Å². The van der Waals surface area contributed by atoms with E-state index in [0.717, 1.165) is 26.1 Å². The molecule has 66 valence electrons. The number of rotatable bonds is 2. The van der Waals surface area contributed by atoms with Crippen molar-refractivity contribution in [2.24, 2.45) is 5.73 Å². The minimum Gasteiger partial charge on any atom is -0.392 e. The predicted octanol–water partition coefficient (Wildman–Crippen LogP) is -0.210. The number of hydrogen-bond acceptors (Lipinski definition) is 3. The smallest absolute Gasteiger partial charge is 0.0639 e. The number of aliphatic hydroxyl groups is 1. The number of likely N-dealkylation sites (tertiary alicyclic amines) is 1. The summed E-state index contributed by atoms with van der Waals surface area (Å²) < 4.78 is 0. The maximum Gasteiger partial charge on any atom is 0.0639 e. The molecule has 0 saturated carbocycles.